The SMILES string of the molecule is Cc1noc(C)c1CN1CCO[C@H]2CC[C@H]1[C@H]2Oc1ncccc1F. The van der Waals surface area contributed by atoms with Crippen molar-refractivity contribution in [3.8, 4) is 5.88 Å². The molecule has 6 nitrogen and oxygen atoms in total. The van der Waals surface area contributed by atoms with Crippen LogP contribution >= 0.6 is 0 Å². The van der Waals surface area contributed by atoms with Gasteiger partial charge in [0, 0.05) is 30.9 Å². The van der Waals surface area contributed by atoms with E-state index in [4.69, 9.17) is 14.0 Å². The van der Waals surface area contributed by atoms with Crippen molar-refractivity contribution in [3.63, 3.8) is 0 Å². The summed E-state index contributed by atoms with van der Waals surface area (Å²) in [7, 11) is 0. The van der Waals surface area contributed by atoms with Crippen molar-refractivity contribution in [3.05, 3.63) is 41.2 Å². The minimum Gasteiger partial charge on any atom is -0.468 e. The maximum Gasteiger partial charge on any atom is 0.250 e. The fourth-order valence-corrected chi connectivity index (χ4v) is 3.84. The average Bonchev–Trinajstić information content (AvgIpc) is 3.06. The van der Waals surface area contributed by atoms with E-state index in [0.29, 0.717) is 6.61 Å². The number of ether oxygens (including phenoxy) is 2. The Kier molecular flexibility index (Phi) is 4.43. The van der Waals surface area contributed by atoms with Crippen molar-refractivity contribution in [2.45, 2.75) is 51.5 Å². The molecule has 0 radical (unpaired) electrons. The Morgan fingerprint density at radius 2 is 2.24 bits per heavy atom. The van der Waals surface area contributed by atoms with Crippen LogP contribution in [0.5, 0.6) is 5.88 Å². The van der Waals surface area contributed by atoms with E-state index < -0.39 is 5.82 Å². The third-order valence-corrected chi connectivity index (χ3v) is 5.19. The lowest BCUT2D eigenvalue weighted by atomic mass is 10.1. The van der Waals surface area contributed by atoms with Crippen LogP contribution in [0, 0.1) is 19.7 Å². The zero-order valence-corrected chi connectivity index (χ0v) is 14.4. The number of rotatable bonds is 4. The molecule has 1 saturated carbocycles. The number of halogens is 1. The van der Waals surface area contributed by atoms with Gasteiger partial charge in [0.2, 0.25) is 0 Å². The summed E-state index contributed by atoms with van der Waals surface area (Å²) in [4.78, 5) is 6.37. The molecule has 2 fully saturated rings. The van der Waals surface area contributed by atoms with E-state index in [1.807, 2.05) is 13.8 Å². The van der Waals surface area contributed by atoms with Crippen LogP contribution in [0.3, 0.4) is 0 Å². The Morgan fingerprint density at radius 1 is 1.36 bits per heavy atom. The number of hydrogen-bond donors (Lipinski definition) is 0. The number of aromatic nitrogens is 2. The fraction of sp³-hybridized carbons (Fsp3) is 0.556. The molecule has 0 amide bonds. The fourth-order valence-electron chi connectivity index (χ4n) is 3.84. The molecule has 1 aliphatic carbocycles. The van der Waals surface area contributed by atoms with Crippen molar-refractivity contribution >= 4 is 0 Å². The first kappa shape index (κ1) is 16.5. The molecular weight excluding hydrogens is 325 g/mol. The van der Waals surface area contributed by atoms with Crippen LogP contribution in [-0.4, -0.2) is 46.4 Å². The molecule has 2 aliphatic rings. The molecule has 134 valence electrons. The number of fused-ring (bicyclic) bond motifs is 2. The monoisotopic (exact) mass is 347 g/mol. The van der Waals surface area contributed by atoms with Crippen molar-refractivity contribution in [1.82, 2.24) is 15.0 Å². The van der Waals surface area contributed by atoms with Crippen LogP contribution in [0.2, 0.25) is 0 Å². The molecule has 0 N–H and O–H groups in total. The Labute approximate surface area is 145 Å². The molecule has 25 heavy (non-hydrogen) atoms. The molecule has 4 rings (SSSR count). The van der Waals surface area contributed by atoms with Crippen molar-refractivity contribution < 1.29 is 18.4 Å². The molecule has 2 aromatic rings. The summed E-state index contributed by atoms with van der Waals surface area (Å²) >= 11 is 0. The quantitative estimate of drug-likeness (QED) is 0.847. The predicted octanol–water partition coefficient (Wildman–Crippen LogP) is 2.64. The first-order valence-electron chi connectivity index (χ1n) is 8.68. The summed E-state index contributed by atoms with van der Waals surface area (Å²) in [5.41, 5.74) is 2.01. The van der Waals surface area contributed by atoms with Gasteiger partial charge in [-0.05, 0) is 38.8 Å². The van der Waals surface area contributed by atoms with Crippen molar-refractivity contribution in [2.75, 3.05) is 13.2 Å². The van der Waals surface area contributed by atoms with Gasteiger partial charge in [-0.2, -0.15) is 0 Å². The van der Waals surface area contributed by atoms with Gasteiger partial charge in [0.15, 0.2) is 5.82 Å². The van der Waals surface area contributed by atoms with E-state index in [1.54, 1.807) is 12.3 Å². The Hall–Kier alpha value is -1.99. The zero-order valence-electron chi connectivity index (χ0n) is 14.4. The molecule has 0 aromatic carbocycles. The number of aryl methyl sites for hydroxylation is 2. The first-order chi connectivity index (χ1) is 12.1. The lowest BCUT2D eigenvalue weighted by molar-refractivity contribution is 0.000135. The van der Waals surface area contributed by atoms with E-state index >= 15 is 0 Å². The average molecular weight is 347 g/mol. The molecule has 2 bridgehead atoms. The van der Waals surface area contributed by atoms with Gasteiger partial charge in [0.25, 0.3) is 5.88 Å². The summed E-state index contributed by atoms with van der Waals surface area (Å²) < 4.78 is 31.2. The predicted molar refractivity (Wildman–Crippen MR) is 87.8 cm³/mol. The van der Waals surface area contributed by atoms with Crippen LogP contribution in [0.4, 0.5) is 4.39 Å². The molecule has 3 atom stereocenters. The van der Waals surface area contributed by atoms with Gasteiger partial charge in [0.05, 0.1) is 18.4 Å². The highest BCUT2D eigenvalue weighted by molar-refractivity contribution is 5.21. The van der Waals surface area contributed by atoms with E-state index in [9.17, 15) is 4.39 Å². The molecule has 1 aliphatic heterocycles. The maximum absolute atomic E-state index is 14.0. The highest BCUT2D eigenvalue weighted by Crippen LogP contribution is 2.34. The lowest BCUT2D eigenvalue weighted by Gasteiger charge is -2.31. The minimum atomic E-state index is -0.441. The molecule has 3 heterocycles. The summed E-state index contributed by atoms with van der Waals surface area (Å²) in [5.74, 6) is 0.445. The normalized spacial score (nSPS) is 26.6. The van der Waals surface area contributed by atoms with Crippen LogP contribution in [0.15, 0.2) is 22.9 Å². The van der Waals surface area contributed by atoms with Crippen LogP contribution in [0.1, 0.15) is 29.9 Å². The largest absolute Gasteiger partial charge is 0.468 e. The third kappa shape index (κ3) is 3.14. The topological polar surface area (TPSA) is 60.6 Å². The van der Waals surface area contributed by atoms with Gasteiger partial charge >= 0.3 is 0 Å². The Bertz CT molecular complexity index is 731. The van der Waals surface area contributed by atoms with Gasteiger partial charge < -0.3 is 14.0 Å². The molecular formula is C18H22FN3O3. The van der Waals surface area contributed by atoms with E-state index in [-0.39, 0.29) is 24.1 Å². The number of nitrogens with zero attached hydrogens (tertiary/aromatic N) is 3. The summed E-state index contributed by atoms with van der Waals surface area (Å²) in [6.45, 7) is 6.05. The first-order valence-corrected chi connectivity index (χ1v) is 8.68. The second kappa shape index (κ2) is 6.72. The zero-order chi connectivity index (χ0) is 17.4. The molecule has 1 saturated heterocycles. The minimum absolute atomic E-state index is 0.0268. The second-order valence-corrected chi connectivity index (χ2v) is 6.70. The standard InChI is InChI=1S/C18H22FN3O3/c1-11-13(12(2)25-21-11)10-22-8-9-23-16-6-5-15(22)17(16)24-18-14(19)4-3-7-20-18/h3-4,7,15-17H,5-6,8-10H2,1-2H3/t15-,16-,17+/m0/s1. The van der Waals surface area contributed by atoms with E-state index in [2.05, 4.69) is 15.0 Å². The van der Waals surface area contributed by atoms with Crippen molar-refractivity contribution in [1.29, 1.82) is 0 Å². The van der Waals surface area contributed by atoms with Gasteiger partial charge in [-0.25, -0.2) is 9.37 Å². The van der Waals surface area contributed by atoms with Crippen LogP contribution < -0.4 is 4.74 Å². The summed E-state index contributed by atoms with van der Waals surface area (Å²) in [6, 6.07) is 3.08. The van der Waals surface area contributed by atoms with Gasteiger partial charge in [0.1, 0.15) is 11.9 Å². The second-order valence-electron chi connectivity index (χ2n) is 6.70. The van der Waals surface area contributed by atoms with Crippen LogP contribution in [0.25, 0.3) is 0 Å². The highest BCUT2D eigenvalue weighted by Gasteiger charge is 2.44. The lowest BCUT2D eigenvalue weighted by Crippen LogP contribution is -2.44. The number of hydrogen-bond acceptors (Lipinski definition) is 6. The smallest absolute Gasteiger partial charge is 0.250 e. The van der Waals surface area contributed by atoms with E-state index in [0.717, 1.165) is 42.9 Å². The maximum atomic E-state index is 14.0. The van der Waals surface area contributed by atoms with E-state index in [1.165, 1.54) is 6.07 Å². The number of pyridine rings is 1. The molecule has 0 unspecified atom stereocenters. The van der Waals surface area contributed by atoms with Crippen LogP contribution in [-0.2, 0) is 11.3 Å². The Morgan fingerprint density at radius 3 is 3.00 bits per heavy atom. The van der Waals surface area contributed by atoms with Gasteiger partial charge in [-0.3, -0.25) is 4.90 Å². The molecule has 7 heteroatoms. The molecule has 2 aromatic heterocycles. The van der Waals surface area contributed by atoms with Gasteiger partial charge in [-0.1, -0.05) is 5.16 Å². The Balaban J connectivity index is 1.57. The van der Waals surface area contributed by atoms with Gasteiger partial charge in [-0.15, -0.1) is 0 Å². The summed E-state index contributed by atoms with van der Waals surface area (Å²) in [6.07, 6.45) is 3.14. The van der Waals surface area contributed by atoms with Crippen molar-refractivity contribution in [2.24, 2.45) is 0 Å². The highest BCUT2D eigenvalue weighted by atomic mass is 19.1. The molecule has 0 spiro atoms. The summed E-state index contributed by atoms with van der Waals surface area (Å²) in [5, 5.41) is 4.04. The third-order valence-electron chi connectivity index (χ3n) is 5.19.